The molecule has 3 aromatic rings. The summed E-state index contributed by atoms with van der Waals surface area (Å²) in [6.07, 6.45) is 0. The average Bonchev–Trinajstić information content (AvgIpc) is 2.96. The highest BCUT2D eigenvalue weighted by atomic mass is 35.5. The second kappa shape index (κ2) is 9.58. The van der Waals surface area contributed by atoms with Crippen LogP contribution in [0.2, 0.25) is 0 Å². The van der Waals surface area contributed by atoms with Crippen molar-refractivity contribution in [3.63, 3.8) is 0 Å². The molecule has 0 bridgehead atoms. The van der Waals surface area contributed by atoms with Gasteiger partial charge in [0.05, 0.1) is 11.0 Å². The molecular formula is C21H24ClF3N4OS. The fourth-order valence-corrected chi connectivity index (χ4v) is 4.52. The minimum atomic E-state index is -4.28. The molecule has 31 heavy (non-hydrogen) atoms. The first-order chi connectivity index (χ1) is 14.3. The molecule has 2 heterocycles. The SMILES string of the molecule is Cl.Cn1c(=O)n(CCN2CCN(c3cccc(SC(F)(F)F)c3)CC2)c2ccccc21. The predicted molar refractivity (Wildman–Crippen MR) is 121 cm³/mol. The van der Waals surface area contributed by atoms with Crippen molar-refractivity contribution in [1.29, 1.82) is 0 Å². The lowest BCUT2D eigenvalue weighted by atomic mass is 10.2. The molecule has 168 valence electrons. The van der Waals surface area contributed by atoms with Gasteiger partial charge in [0.15, 0.2) is 0 Å². The van der Waals surface area contributed by atoms with Crippen molar-refractivity contribution >= 4 is 40.9 Å². The number of halogens is 4. The fraction of sp³-hybridized carbons (Fsp3) is 0.381. The number of para-hydroxylation sites is 2. The first-order valence-corrected chi connectivity index (χ1v) is 10.6. The normalized spacial score (nSPS) is 15.3. The Balaban J connectivity index is 0.00000272. The molecule has 1 aliphatic heterocycles. The minimum absolute atomic E-state index is 0. The lowest BCUT2D eigenvalue weighted by Gasteiger charge is -2.36. The van der Waals surface area contributed by atoms with Crippen molar-refractivity contribution in [2.45, 2.75) is 16.9 Å². The summed E-state index contributed by atoms with van der Waals surface area (Å²) >= 11 is -0.0820. The number of imidazole rings is 1. The monoisotopic (exact) mass is 472 g/mol. The number of alkyl halides is 3. The molecule has 0 amide bonds. The van der Waals surface area contributed by atoms with Crippen molar-refractivity contribution in [2.24, 2.45) is 7.05 Å². The molecule has 0 saturated carbocycles. The number of aromatic nitrogens is 2. The van der Waals surface area contributed by atoms with Gasteiger partial charge in [-0.3, -0.25) is 14.0 Å². The van der Waals surface area contributed by atoms with Crippen molar-refractivity contribution < 1.29 is 13.2 Å². The number of hydrogen-bond acceptors (Lipinski definition) is 4. The topological polar surface area (TPSA) is 33.4 Å². The second-order valence-electron chi connectivity index (χ2n) is 7.36. The van der Waals surface area contributed by atoms with Crippen LogP contribution in [0.4, 0.5) is 18.9 Å². The number of benzene rings is 2. The highest BCUT2D eigenvalue weighted by Gasteiger charge is 2.29. The summed E-state index contributed by atoms with van der Waals surface area (Å²) in [5.41, 5.74) is -1.63. The van der Waals surface area contributed by atoms with E-state index in [0.29, 0.717) is 6.54 Å². The number of aryl methyl sites for hydroxylation is 1. The molecule has 0 unspecified atom stereocenters. The Morgan fingerprint density at radius 1 is 0.935 bits per heavy atom. The quantitative estimate of drug-likeness (QED) is 0.521. The van der Waals surface area contributed by atoms with Crippen LogP contribution in [0.25, 0.3) is 11.0 Å². The van der Waals surface area contributed by atoms with Crippen molar-refractivity contribution in [2.75, 3.05) is 37.6 Å². The zero-order valence-corrected chi connectivity index (χ0v) is 18.6. The van der Waals surface area contributed by atoms with Gasteiger partial charge < -0.3 is 4.90 Å². The third-order valence-corrected chi connectivity index (χ3v) is 6.20. The van der Waals surface area contributed by atoms with Gasteiger partial charge >= 0.3 is 11.2 Å². The van der Waals surface area contributed by atoms with Crippen LogP contribution in [-0.4, -0.2) is 52.3 Å². The minimum Gasteiger partial charge on any atom is -0.369 e. The largest absolute Gasteiger partial charge is 0.446 e. The van der Waals surface area contributed by atoms with E-state index < -0.39 is 5.51 Å². The van der Waals surface area contributed by atoms with Crippen LogP contribution >= 0.6 is 24.2 Å². The zero-order chi connectivity index (χ0) is 21.3. The molecular weight excluding hydrogens is 449 g/mol. The smallest absolute Gasteiger partial charge is 0.369 e. The molecule has 10 heteroatoms. The number of anilines is 1. The number of nitrogens with zero attached hydrogens (tertiary/aromatic N) is 4. The van der Waals surface area contributed by atoms with Crippen LogP contribution in [0.1, 0.15) is 0 Å². The fourth-order valence-electron chi connectivity index (χ4n) is 3.93. The summed E-state index contributed by atoms with van der Waals surface area (Å²) in [5.74, 6) is 0. The molecule has 0 radical (unpaired) electrons. The maximum absolute atomic E-state index is 12.6. The molecule has 1 aromatic heterocycles. The maximum Gasteiger partial charge on any atom is 0.446 e. The van der Waals surface area contributed by atoms with Gasteiger partial charge in [0, 0.05) is 56.9 Å². The van der Waals surface area contributed by atoms with Gasteiger partial charge in [-0.1, -0.05) is 18.2 Å². The number of piperazine rings is 1. The van der Waals surface area contributed by atoms with Crippen LogP contribution in [0.15, 0.2) is 58.2 Å². The van der Waals surface area contributed by atoms with E-state index in [9.17, 15) is 18.0 Å². The molecule has 1 aliphatic rings. The molecule has 0 atom stereocenters. The third kappa shape index (κ3) is 5.39. The summed E-state index contributed by atoms with van der Waals surface area (Å²) in [5, 5.41) is 0. The van der Waals surface area contributed by atoms with Crippen LogP contribution in [0.5, 0.6) is 0 Å². The van der Waals surface area contributed by atoms with Gasteiger partial charge in [-0.05, 0) is 42.1 Å². The number of thioether (sulfide) groups is 1. The Bertz CT molecular complexity index is 1090. The van der Waals surface area contributed by atoms with E-state index in [1.807, 2.05) is 30.3 Å². The Labute approximate surface area is 188 Å². The highest BCUT2D eigenvalue weighted by molar-refractivity contribution is 8.00. The molecule has 0 N–H and O–H groups in total. The van der Waals surface area contributed by atoms with E-state index in [1.54, 1.807) is 28.3 Å². The van der Waals surface area contributed by atoms with Gasteiger partial charge in [0.1, 0.15) is 0 Å². The summed E-state index contributed by atoms with van der Waals surface area (Å²) in [6.45, 7) is 4.45. The summed E-state index contributed by atoms with van der Waals surface area (Å²) in [4.78, 5) is 17.2. The zero-order valence-electron chi connectivity index (χ0n) is 17.0. The molecule has 4 rings (SSSR count). The van der Waals surface area contributed by atoms with E-state index in [0.717, 1.165) is 49.4 Å². The first kappa shape index (κ1) is 23.6. The molecule has 5 nitrogen and oxygen atoms in total. The highest BCUT2D eigenvalue weighted by Crippen LogP contribution is 2.38. The van der Waals surface area contributed by atoms with Gasteiger partial charge in [0.25, 0.3) is 0 Å². The second-order valence-corrected chi connectivity index (χ2v) is 8.49. The van der Waals surface area contributed by atoms with E-state index in [-0.39, 0.29) is 34.8 Å². The summed E-state index contributed by atoms with van der Waals surface area (Å²) in [6, 6.07) is 14.4. The van der Waals surface area contributed by atoms with Gasteiger partial charge in [-0.2, -0.15) is 13.2 Å². The Morgan fingerprint density at radius 2 is 1.61 bits per heavy atom. The molecule has 0 aliphatic carbocycles. The predicted octanol–water partition coefficient (Wildman–Crippen LogP) is 4.20. The van der Waals surface area contributed by atoms with E-state index >= 15 is 0 Å². The van der Waals surface area contributed by atoms with Crippen LogP contribution < -0.4 is 10.6 Å². The van der Waals surface area contributed by atoms with Crippen LogP contribution in [-0.2, 0) is 13.6 Å². The maximum atomic E-state index is 12.6. The van der Waals surface area contributed by atoms with Crippen molar-refractivity contribution in [1.82, 2.24) is 14.0 Å². The summed E-state index contributed by atoms with van der Waals surface area (Å²) < 4.78 is 41.4. The van der Waals surface area contributed by atoms with Gasteiger partial charge in [0.2, 0.25) is 0 Å². The first-order valence-electron chi connectivity index (χ1n) is 9.79. The Hall–Kier alpha value is -2.10. The van der Waals surface area contributed by atoms with Gasteiger partial charge in [-0.25, -0.2) is 4.79 Å². The molecule has 1 saturated heterocycles. The van der Waals surface area contributed by atoms with Crippen molar-refractivity contribution in [3.05, 3.63) is 59.0 Å². The van der Waals surface area contributed by atoms with E-state index in [2.05, 4.69) is 9.80 Å². The summed E-state index contributed by atoms with van der Waals surface area (Å²) in [7, 11) is 1.78. The van der Waals surface area contributed by atoms with E-state index in [4.69, 9.17) is 0 Å². The Morgan fingerprint density at radius 3 is 2.29 bits per heavy atom. The van der Waals surface area contributed by atoms with Gasteiger partial charge in [-0.15, -0.1) is 12.4 Å². The lowest BCUT2D eigenvalue weighted by molar-refractivity contribution is -0.0328. The number of hydrogen-bond donors (Lipinski definition) is 0. The number of fused-ring (bicyclic) bond motifs is 1. The Kier molecular flexibility index (Phi) is 7.28. The van der Waals surface area contributed by atoms with Crippen LogP contribution in [0, 0.1) is 0 Å². The third-order valence-electron chi connectivity index (χ3n) is 5.48. The lowest BCUT2D eigenvalue weighted by Crippen LogP contribution is -2.47. The van der Waals surface area contributed by atoms with E-state index in [1.165, 1.54) is 6.07 Å². The average molecular weight is 473 g/mol. The number of rotatable bonds is 5. The standard InChI is InChI=1S/C21H23F3N4OS.ClH/c1-25-18-7-2-3-8-19(18)28(20(25)29)14-11-26-9-12-27(13-10-26)16-5-4-6-17(15-16)30-21(22,23)24;/h2-8,15H,9-14H2,1H3;1H. The molecule has 2 aromatic carbocycles. The van der Waals surface area contributed by atoms with Crippen LogP contribution in [0.3, 0.4) is 0 Å². The molecule has 1 fully saturated rings. The van der Waals surface area contributed by atoms with Crippen molar-refractivity contribution in [3.8, 4) is 0 Å². The molecule has 0 spiro atoms.